The summed E-state index contributed by atoms with van der Waals surface area (Å²) in [7, 11) is 0. The van der Waals surface area contributed by atoms with Gasteiger partial charge in [-0.2, -0.15) is 0 Å². The van der Waals surface area contributed by atoms with Gasteiger partial charge in [-0.1, -0.05) is 6.07 Å². The molecule has 1 aromatic rings. The molecule has 6 heteroatoms. The van der Waals surface area contributed by atoms with Gasteiger partial charge in [-0.3, -0.25) is 0 Å². The lowest BCUT2D eigenvalue weighted by Crippen LogP contribution is -2.60. The van der Waals surface area contributed by atoms with E-state index in [9.17, 15) is 15.3 Å². The van der Waals surface area contributed by atoms with Crippen LogP contribution in [-0.4, -0.2) is 57.7 Å². The first kappa shape index (κ1) is 15.2. The van der Waals surface area contributed by atoms with Gasteiger partial charge in [-0.15, -0.1) is 0 Å². The molecule has 20 heavy (non-hydrogen) atoms. The van der Waals surface area contributed by atoms with Crippen LogP contribution in [0, 0.1) is 13.8 Å². The van der Waals surface area contributed by atoms with Gasteiger partial charge in [-0.25, -0.2) is 0 Å². The Kier molecular flexibility index (Phi) is 4.62. The maximum Gasteiger partial charge on any atom is 0.229 e. The third kappa shape index (κ3) is 2.94. The first-order valence-corrected chi connectivity index (χ1v) is 6.48. The van der Waals surface area contributed by atoms with Crippen LogP contribution in [-0.2, 0) is 4.74 Å². The van der Waals surface area contributed by atoms with Crippen molar-refractivity contribution in [3.63, 3.8) is 0 Å². The summed E-state index contributed by atoms with van der Waals surface area (Å²) in [6.45, 7) is 3.42. The van der Waals surface area contributed by atoms with E-state index in [0.29, 0.717) is 5.75 Å². The van der Waals surface area contributed by atoms with Gasteiger partial charge >= 0.3 is 0 Å². The summed E-state index contributed by atoms with van der Waals surface area (Å²) in [5, 5.41) is 38.3. The fourth-order valence-corrected chi connectivity index (χ4v) is 2.09. The normalized spacial score (nSPS) is 34.0. The van der Waals surface area contributed by atoms with E-state index >= 15 is 0 Å². The number of hydrogen-bond donors (Lipinski definition) is 4. The van der Waals surface area contributed by atoms with Crippen molar-refractivity contribution in [3.05, 3.63) is 29.3 Å². The summed E-state index contributed by atoms with van der Waals surface area (Å²) in [6.07, 6.45) is -6.32. The average Bonchev–Trinajstić information content (AvgIpc) is 2.43. The molecule has 1 heterocycles. The lowest BCUT2D eigenvalue weighted by molar-refractivity contribution is -0.277. The molecule has 0 amide bonds. The van der Waals surface area contributed by atoms with Crippen molar-refractivity contribution in [1.29, 1.82) is 0 Å². The minimum absolute atomic E-state index is 0.474. The topological polar surface area (TPSA) is 99.4 Å². The largest absolute Gasteiger partial charge is 0.462 e. The minimum atomic E-state index is -1.43. The molecule has 4 N–H and O–H groups in total. The van der Waals surface area contributed by atoms with Gasteiger partial charge in [0.05, 0.1) is 6.61 Å². The van der Waals surface area contributed by atoms with Crippen molar-refractivity contribution in [2.75, 3.05) is 6.61 Å². The second-order valence-corrected chi connectivity index (χ2v) is 5.06. The van der Waals surface area contributed by atoms with Gasteiger partial charge in [0.25, 0.3) is 0 Å². The van der Waals surface area contributed by atoms with Gasteiger partial charge in [0.2, 0.25) is 6.29 Å². The van der Waals surface area contributed by atoms with Crippen LogP contribution in [0.3, 0.4) is 0 Å². The van der Waals surface area contributed by atoms with Crippen molar-refractivity contribution in [2.45, 2.75) is 44.6 Å². The fourth-order valence-electron chi connectivity index (χ4n) is 2.09. The molecule has 3 unspecified atom stereocenters. The summed E-state index contributed by atoms with van der Waals surface area (Å²) in [6, 6.07) is 5.38. The summed E-state index contributed by atoms with van der Waals surface area (Å²) >= 11 is 0. The number of aliphatic hydroxyl groups excluding tert-OH is 4. The molecule has 0 spiro atoms. The zero-order valence-electron chi connectivity index (χ0n) is 11.4. The second kappa shape index (κ2) is 6.07. The van der Waals surface area contributed by atoms with Crippen LogP contribution in [0.15, 0.2) is 18.2 Å². The van der Waals surface area contributed by atoms with Crippen LogP contribution in [0.1, 0.15) is 11.1 Å². The number of aliphatic hydroxyl groups is 4. The molecule has 1 aromatic carbocycles. The molecule has 2 rings (SSSR count). The zero-order valence-corrected chi connectivity index (χ0v) is 11.4. The Morgan fingerprint density at radius 1 is 1.05 bits per heavy atom. The highest BCUT2D eigenvalue weighted by Gasteiger charge is 2.44. The molecule has 0 bridgehead atoms. The van der Waals surface area contributed by atoms with E-state index in [0.717, 1.165) is 11.1 Å². The second-order valence-electron chi connectivity index (χ2n) is 5.06. The SMILES string of the molecule is Cc1ccc(O[C@H]2OC(CO)[C@@H](O)C(O)C2O)cc1C. The first-order chi connectivity index (χ1) is 9.43. The highest BCUT2D eigenvalue weighted by molar-refractivity contribution is 5.33. The van der Waals surface area contributed by atoms with Crippen LogP contribution in [0.4, 0.5) is 0 Å². The Bertz CT molecular complexity index is 461. The monoisotopic (exact) mass is 284 g/mol. The molecular weight excluding hydrogens is 264 g/mol. The maximum absolute atomic E-state index is 9.86. The van der Waals surface area contributed by atoms with Gasteiger partial charge in [0, 0.05) is 0 Å². The minimum Gasteiger partial charge on any atom is -0.462 e. The van der Waals surface area contributed by atoms with E-state index in [1.807, 2.05) is 19.9 Å². The molecule has 112 valence electrons. The average molecular weight is 284 g/mol. The third-order valence-corrected chi connectivity index (χ3v) is 3.58. The highest BCUT2D eigenvalue weighted by atomic mass is 16.7. The molecule has 5 atom stereocenters. The van der Waals surface area contributed by atoms with Gasteiger partial charge in [0.1, 0.15) is 30.2 Å². The van der Waals surface area contributed by atoms with Crippen LogP contribution < -0.4 is 4.74 Å². The molecule has 0 saturated carbocycles. The number of hydrogen-bond acceptors (Lipinski definition) is 6. The summed E-state index contributed by atoms with van der Waals surface area (Å²) in [5.41, 5.74) is 2.12. The van der Waals surface area contributed by atoms with E-state index in [1.54, 1.807) is 12.1 Å². The number of ether oxygens (including phenoxy) is 2. The van der Waals surface area contributed by atoms with Crippen LogP contribution in [0.2, 0.25) is 0 Å². The predicted molar refractivity (Wildman–Crippen MR) is 70.3 cm³/mol. The van der Waals surface area contributed by atoms with E-state index in [2.05, 4.69) is 0 Å². The Morgan fingerprint density at radius 3 is 2.35 bits per heavy atom. The van der Waals surface area contributed by atoms with Crippen LogP contribution in [0.5, 0.6) is 5.75 Å². The molecule has 6 nitrogen and oxygen atoms in total. The predicted octanol–water partition coefficient (Wildman–Crippen LogP) is -0.518. The Hall–Kier alpha value is -1.18. The molecule has 1 aliphatic heterocycles. The Morgan fingerprint density at radius 2 is 1.75 bits per heavy atom. The van der Waals surface area contributed by atoms with E-state index in [-0.39, 0.29) is 0 Å². The van der Waals surface area contributed by atoms with Crippen LogP contribution in [0.25, 0.3) is 0 Å². The summed E-state index contributed by atoms with van der Waals surface area (Å²) in [5.74, 6) is 0.484. The lowest BCUT2D eigenvalue weighted by atomic mass is 9.99. The molecular formula is C14H20O6. The van der Waals surface area contributed by atoms with Crippen molar-refractivity contribution in [1.82, 2.24) is 0 Å². The van der Waals surface area contributed by atoms with E-state index in [4.69, 9.17) is 14.6 Å². The smallest absolute Gasteiger partial charge is 0.229 e. The van der Waals surface area contributed by atoms with E-state index < -0.39 is 37.3 Å². The molecule has 0 aromatic heterocycles. The van der Waals surface area contributed by atoms with Crippen molar-refractivity contribution in [2.24, 2.45) is 0 Å². The maximum atomic E-state index is 9.86. The summed E-state index contributed by atoms with van der Waals surface area (Å²) in [4.78, 5) is 0. The third-order valence-electron chi connectivity index (χ3n) is 3.58. The van der Waals surface area contributed by atoms with Crippen molar-refractivity contribution >= 4 is 0 Å². The zero-order chi connectivity index (χ0) is 14.9. The fraction of sp³-hybridized carbons (Fsp3) is 0.571. The standard InChI is InChI=1S/C14H20O6/c1-7-3-4-9(5-8(7)2)19-14-13(18)12(17)11(16)10(6-15)20-14/h3-5,10-18H,6H2,1-2H3/t10?,11-,12?,13?,14+/m1/s1. The van der Waals surface area contributed by atoms with Gasteiger partial charge < -0.3 is 29.9 Å². The summed E-state index contributed by atoms with van der Waals surface area (Å²) < 4.78 is 10.8. The quantitative estimate of drug-likeness (QED) is 0.596. The van der Waals surface area contributed by atoms with Crippen LogP contribution >= 0.6 is 0 Å². The van der Waals surface area contributed by atoms with Crippen molar-refractivity contribution in [3.8, 4) is 5.75 Å². The molecule has 1 saturated heterocycles. The molecule has 1 aliphatic rings. The molecule has 1 fully saturated rings. The number of rotatable bonds is 3. The van der Waals surface area contributed by atoms with Gasteiger partial charge in [-0.05, 0) is 37.1 Å². The highest BCUT2D eigenvalue weighted by Crippen LogP contribution is 2.25. The Balaban J connectivity index is 2.13. The van der Waals surface area contributed by atoms with Crippen molar-refractivity contribution < 1.29 is 29.9 Å². The molecule has 0 aliphatic carbocycles. The lowest BCUT2D eigenvalue weighted by Gasteiger charge is -2.39. The van der Waals surface area contributed by atoms with E-state index in [1.165, 1.54) is 0 Å². The molecule has 0 radical (unpaired) electrons. The van der Waals surface area contributed by atoms with Gasteiger partial charge in [0.15, 0.2) is 0 Å². The number of aryl methyl sites for hydroxylation is 2. The number of benzene rings is 1. The first-order valence-electron chi connectivity index (χ1n) is 6.48. The Labute approximate surface area is 117 Å².